The summed E-state index contributed by atoms with van der Waals surface area (Å²) in [7, 11) is 0. The lowest BCUT2D eigenvalue weighted by molar-refractivity contribution is -0.144. The number of carbonyl (C=O) groups is 1. The third-order valence-corrected chi connectivity index (χ3v) is 1.55. The van der Waals surface area contributed by atoms with Crippen molar-refractivity contribution in [3.05, 3.63) is 25.3 Å². The van der Waals surface area contributed by atoms with Gasteiger partial charge in [-0.2, -0.15) is 0 Å². The summed E-state index contributed by atoms with van der Waals surface area (Å²) in [5, 5.41) is 3.06. The highest BCUT2D eigenvalue weighted by atomic mass is 35.5. The summed E-state index contributed by atoms with van der Waals surface area (Å²) in [6.45, 7) is 12.6. The number of ether oxygens (including phenoxy) is 1. The van der Waals surface area contributed by atoms with Crippen LogP contribution in [0.3, 0.4) is 0 Å². The van der Waals surface area contributed by atoms with Crippen LogP contribution >= 0.6 is 12.4 Å². The Bertz CT molecular complexity index is 217. The average Bonchev–Trinajstić information content (AvgIpc) is 2.03. The highest BCUT2D eigenvalue weighted by molar-refractivity contribution is 5.85. The van der Waals surface area contributed by atoms with E-state index in [1.165, 1.54) is 0 Å². The number of halogens is 1. The molecule has 0 amide bonds. The molecule has 4 nitrogen and oxygen atoms in total. The van der Waals surface area contributed by atoms with E-state index >= 15 is 0 Å². The van der Waals surface area contributed by atoms with Gasteiger partial charge in [0.2, 0.25) is 0 Å². The van der Waals surface area contributed by atoms with Gasteiger partial charge in [0.25, 0.3) is 0 Å². The highest BCUT2D eigenvalue weighted by Crippen LogP contribution is 2.04. The molecular formula is C10H21ClN2O2. The zero-order chi connectivity index (χ0) is 10.5. The van der Waals surface area contributed by atoms with Crippen molar-refractivity contribution in [1.82, 2.24) is 11.5 Å². The maximum absolute atomic E-state index is 10.8. The smallest absolute Gasteiger partial charge is 0.331 e. The summed E-state index contributed by atoms with van der Waals surface area (Å²) < 4.78 is 4.92. The molecule has 0 aliphatic carbocycles. The average molecular weight is 237 g/mol. The fraction of sp³-hybridized carbons (Fsp3) is 0.500. The lowest BCUT2D eigenvalue weighted by Crippen LogP contribution is -2.44. The normalized spacial score (nSPS) is 11.4. The lowest BCUT2D eigenvalue weighted by atomic mass is 10.1. The van der Waals surface area contributed by atoms with Crippen LogP contribution in [0.15, 0.2) is 25.3 Å². The molecule has 1 unspecified atom stereocenters. The van der Waals surface area contributed by atoms with Gasteiger partial charge < -0.3 is 10.9 Å². The molecule has 4 N–H and O–H groups in total. The molecule has 0 aromatic rings. The SMILES string of the molecule is C=CC(=O)OC(C)NC(C)(C)C=C.Cl.N. The maximum atomic E-state index is 10.8. The molecular weight excluding hydrogens is 216 g/mol. The Labute approximate surface area is 97.8 Å². The van der Waals surface area contributed by atoms with E-state index < -0.39 is 5.97 Å². The monoisotopic (exact) mass is 236 g/mol. The number of hydrogen-bond acceptors (Lipinski definition) is 4. The standard InChI is InChI=1S/C10H17NO2.ClH.H3N/c1-6-9(12)13-8(3)11-10(4,5)7-2;;/h6-8,11H,1-2H2,3-5H3;1H;1H3. The van der Waals surface area contributed by atoms with E-state index in [1.54, 1.807) is 13.0 Å². The summed E-state index contributed by atoms with van der Waals surface area (Å²) in [5.41, 5.74) is -0.249. The number of carbonyl (C=O) groups excluding carboxylic acids is 1. The predicted molar refractivity (Wildman–Crippen MR) is 65.4 cm³/mol. The molecule has 15 heavy (non-hydrogen) atoms. The van der Waals surface area contributed by atoms with Crippen molar-refractivity contribution >= 4 is 18.4 Å². The fourth-order valence-electron chi connectivity index (χ4n) is 0.835. The van der Waals surface area contributed by atoms with Gasteiger partial charge in [-0.3, -0.25) is 5.32 Å². The third kappa shape index (κ3) is 9.46. The van der Waals surface area contributed by atoms with E-state index in [2.05, 4.69) is 18.5 Å². The van der Waals surface area contributed by atoms with Gasteiger partial charge in [0.1, 0.15) is 0 Å². The number of hydrogen-bond donors (Lipinski definition) is 2. The summed E-state index contributed by atoms with van der Waals surface area (Å²) in [4.78, 5) is 10.8. The maximum Gasteiger partial charge on any atom is 0.331 e. The Morgan fingerprint density at radius 1 is 1.47 bits per heavy atom. The second-order valence-corrected chi connectivity index (χ2v) is 3.35. The van der Waals surface area contributed by atoms with Gasteiger partial charge in [-0.1, -0.05) is 12.7 Å². The molecule has 0 spiro atoms. The molecule has 0 aliphatic heterocycles. The molecule has 0 fully saturated rings. The minimum Gasteiger partial charge on any atom is -0.444 e. The van der Waals surface area contributed by atoms with Gasteiger partial charge in [-0.15, -0.1) is 19.0 Å². The zero-order valence-corrected chi connectivity index (χ0v) is 10.4. The minimum absolute atomic E-state index is 0. The first-order valence-corrected chi connectivity index (χ1v) is 4.15. The number of rotatable bonds is 5. The summed E-state index contributed by atoms with van der Waals surface area (Å²) in [5.74, 6) is -0.431. The van der Waals surface area contributed by atoms with Gasteiger partial charge in [-0.05, 0) is 20.8 Å². The van der Waals surface area contributed by atoms with Gasteiger partial charge in [-0.25, -0.2) is 4.79 Å². The third-order valence-electron chi connectivity index (χ3n) is 1.55. The van der Waals surface area contributed by atoms with Crippen molar-refractivity contribution in [2.75, 3.05) is 0 Å². The van der Waals surface area contributed by atoms with Crippen LogP contribution in [0.5, 0.6) is 0 Å². The Kier molecular flexibility index (Phi) is 11.1. The Balaban J connectivity index is -0.000000720. The van der Waals surface area contributed by atoms with E-state index in [1.807, 2.05) is 13.8 Å². The Morgan fingerprint density at radius 3 is 2.27 bits per heavy atom. The van der Waals surface area contributed by atoms with E-state index in [0.29, 0.717) is 0 Å². The van der Waals surface area contributed by atoms with Crippen LogP contribution in [-0.4, -0.2) is 17.7 Å². The molecule has 0 bridgehead atoms. The van der Waals surface area contributed by atoms with Crippen LogP contribution in [0.1, 0.15) is 20.8 Å². The fourth-order valence-corrected chi connectivity index (χ4v) is 0.835. The Morgan fingerprint density at radius 2 is 1.93 bits per heavy atom. The van der Waals surface area contributed by atoms with Crippen LogP contribution < -0.4 is 11.5 Å². The van der Waals surface area contributed by atoms with Crippen LogP contribution in [0.2, 0.25) is 0 Å². The van der Waals surface area contributed by atoms with Crippen molar-refractivity contribution < 1.29 is 9.53 Å². The van der Waals surface area contributed by atoms with E-state index in [-0.39, 0.29) is 30.3 Å². The van der Waals surface area contributed by atoms with Crippen molar-refractivity contribution in [2.24, 2.45) is 0 Å². The Hall–Kier alpha value is -0.840. The first-order valence-electron chi connectivity index (χ1n) is 4.15. The van der Waals surface area contributed by atoms with Crippen molar-refractivity contribution in [3.8, 4) is 0 Å². The van der Waals surface area contributed by atoms with Gasteiger partial charge in [0, 0.05) is 11.6 Å². The first kappa shape index (κ1) is 19.7. The van der Waals surface area contributed by atoms with Crippen LogP contribution in [0.25, 0.3) is 0 Å². The predicted octanol–water partition coefficient (Wildman–Crippen LogP) is 2.20. The zero-order valence-electron chi connectivity index (χ0n) is 9.58. The number of esters is 1. The summed E-state index contributed by atoms with van der Waals surface area (Å²) in [6, 6.07) is 0. The molecule has 0 radical (unpaired) electrons. The van der Waals surface area contributed by atoms with E-state index in [0.717, 1.165) is 6.08 Å². The van der Waals surface area contributed by atoms with Crippen LogP contribution in [0, 0.1) is 0 Å². The van der Waals surface area contributed by atoms with Gasteiger partial charge in [0.05, 0.1) is 0 Å². The van der Waals surface area contributed by atoms with Crippen LogP contribution in [-0.2, 0) is 9.53 Å². The molecule has 90 valence electrons. The minimum atomic E-state index is -0.431. The topological polar surface area (TPSA) is 73.3 Å². The van der Waals surface area contributed by atoms with Crippen molar-refractivity contribution in [3.63, 3.8) is 0 Å². The summed E-state index contributed by atoms with van der Waals surface area (Å²) in [6.07, 6.45) is 2.54. The number of nitrogens with one attached hydrogen (secondary N) is 1. The van der Waals surface area contributed by atoms with E-state index in [9.17, 15) is 4.79 Å². The van der Waals surface area contributed by atoms with Crippen molar-refractivity contribution in [2.45, 2.75) is 32.5 Å². The van der Waals surface area contributed by atoms with Crippen LogP contribution in [0.4, 0.5) is 0 Å². The van der Waals surface area contributed by atoms with Gasteiger partial charge in [0.15, 0.2) is 6.23 Å². The highest BCUT2D eigenvalue weighted by Gasteiger charge is 2.17. The second kappa shape index (κ2) is 8.47. The largest absolute Gasteiger partial charge is 0.444 e. The molecule has 1 atom stereocenters. The molecule has 0 saturated carbocycles. The molecule has 0 aromatic carbocycles. The molecule has 0 rings (SSSR count). The summed E-state index contributed by atoms with van der Waals surface area (Å²) >= 11 is 0. The quantitative estimate of drug-likeness (QED) is 0.332. The first-order chi connectivity index (χ1) is 5.91. The molecule has 0 saturated heterocycles. The van der Waals surface area contributed by atoms with E-state index in [4.69, 9.17) is 4.74 Å². The van der Waals surface area contributed by atoms with Gasteiger partial charge >= 0.3 is 5.97 Å². The molecule has 0 heterocycles. The molecule has 5 heteroatoms. The molecule has 0 aromatic heterocycles. The van der Waals surface area contributed by atoms with Crippen molar-refractivity contribution in [1.29, 1.82) is 0 Å². The second-order valence-electron chi connectivity index (χ2n) is 3.35. The lowest BCUT2D eigenvalue weighted by Gasteiger charge is -2.26. The molecule has 0 aliphatic rings.